The smallest absolute Gasteiger partial charge is 0.274 e. The Morgan fingerprint density at radius 2 is 1.74 bits per heavy atom. The Morgan fingerprint density at radius 1 is 1.02 bits per heavy atom. The van der Waals surface area contributed by atoms with E-state index in [4.69, 9.17) is 11.6 Å². The number of rotatable bonds is 5. The van der Waals surface area contributed by atoms with Crippen LogP contribution in [0.1, 0.15) is 57.4 Å². The highest BCUT2D eigenvalue weighted by molar-refractivity contribution is 6.31. The van der Waals surface area contributed by atoms with Gasteiger partial charge in [0, 0.05) is 30.4 Å². The van der Waals surface area contributed by atoms with Crippen molar-refractivity contribution in [3.8, 4) is 16.9 Å². The van der Waals surface area contributed by atoms with E-state index in [1.54, 1.807) is 25.1 Å². The predicted octanol–water partition coefficient (Wildman–Crippen LogP) is 7.34. The normalized spacial score (nSPS) is 19.1. The number of halogens is 6. The van der Waals surface area contributed by atoms with Crippen molar-refractivity contribution in [3.05, 3.63) is 116 Å². The van der Waals surface area contributed by atoms with Crippen LogP contribution in [0.15, 0.2) is 59.5 Å². The molecular formula is C32H25ClF5N3O2. The van der Waals surface area contributed by atoms with Crippen LogP contribution in [0.2, 0.25) is 5.02 Å². The van der Waals surface area contributed by atoms with Gasteiger partial charge in [-0.25, -0.2) is 22.0 Å². The summed E-state index contributed by atoms with van der Waals surface area (Å²) in [5.74, 6) is -6.47. The second-order valence-corrected chi connectivity index (χ2v) is 11.5. The number of hydrogen-bond acceptors (Lipinski definition) is 3. The van der Waals surface area contributed by atoms with E-state index >= 15 is 8.78 Å². The highest BCUT2D eigenvalue weighted by Crippen LogP contribution is 2.56. The van der Waals surface area contributed by atoms with Crippen molar-refractivity contribution in [3.63, 3.8) is 0 Å². The van der Waals surface area contributed by atoms with E-state index in [0.29, 0.717) is 17.7 Å². The highest BCUT2D eigenvalue weighted by Gasteiger charge is 2.42. The molecule has 3 heterocycles. The summed E-state index contributed by atoms with van der Waals surface area (Å²) in [5, 5.41) is -0.0847. The maximum atomic E-state index is 16.2. The number of carbonyl (C=O) groups is 1. The van der Waals surface area contributed by atoms with Gasteiger partial charge in [0.15, 0.2) is 5.82 Å². The molecule has 6 rings (SSSR count). The molecule has 43 heavy (non-hydrogen) atoms. The van der Waals surface area contributed by atoms with Crippen molar-refractivity contribution >= 4 is 17.5 Å². The van der Waals surface area contributed by atoms with E-state index in [0.717, 1.165) is 21.1 Å². The van der Waals surface area contributed by atoms with Crippen LogP contribution < -0.4 is 5.56 Å². The third-order valence-electron chi connectivity index (χ3n) is 8.19. The van der Waals surface area contributed by atoms with Gasteiger partial charge in [0.05, 0.1) is 17.8 Å². The molecule has 1 amide bonds. The van der Waals surface area contributed by atoms with E-state index in [2.05, 4.69) is 4.98 Å². The van der Waals surface area contributed by atoms with Gasteiger partial charge in [0.25, 0.3) is 17.4 Å². The zero-order chi connectivity index (χ0) is 30.8. The van der Waals surface area contributed by atoms with Crippen molar-refractivity contribution in [1.29, 1.82) is 0 Å². The molecule has 11 heteroatoms. The molecule has 0 bridgehead atoms. The molecule has 4 aromatic rings. The summed E-state index contributed by atoms with van der Waals surface area (Å²) in [5.41, 5.74) is 0.0404. The summed E-state index contributed by atoms with van der Waals surface area (Å²) in [6.07, 6.45) is 1.47. The quantitative estimate of drug-likeness (QED) is 0.221. The zero-order valence-electron chi connectivity index (χ0n) is 23.1. The van der Waals surface area contributed by atoms with Crippen LogP contribution >= 0.6 is 11.6 Å². The number of alkyl halides is 2. The number of pyridine rings is 2. The van der Waals surface area contributed by atoms with Crippen molar-refractivity contribution in [2.75, 3.05) is 13.1 Å². The summed E-state index contributed by atoms with van der Waals surface area (Å²) < 4.78 is 73.8. The minimum Gasteiger partial charge on any atom is -0.332 e. The van der Waals surface area contributed by atoms with Crippen LogP contribution in [0.4, 0.5) is 22.0 Å². The molecule has 2 aliphatic rings. The maximum absolute atomic E-state index is 16.2. The standard InChI is InChI=1S/C32H25ClF5N3O2/c1-16-14-39-28(20-4-3-5-21(26(20)35)30(42)40-11-10-32(37,38)15-40)27(36)29(16)41-17(2)12-24(25(33)31(41)43)23-13-22(23)18-6-8-19(34)9-7-18/h3-9,12,14,22-23H,10-11,13,15H2,1-2H3/t22?,23-/m1/s1. The van der Waals surface area contributed by atoms with Gasteiger partial charge in [0.2, 0.25) is 0 Å². The first-order valence-electron chi connectivity index (χ1n) is 13.7. The fourth-order valence-corrected chi connectivity index (χ4v) is 6.17. The van der Waals surface area contributed by atoms with Crippen LogP contribution in [0.5, 0.6) is 0 Å². The topological polar surface area (TPSA) is 55.2 Å². The first-order valence-corrected chi connectivity index (χ1v) is 14.0. The van der Waals surface area contributed by atoms with Crippen LogP contribution in [0, 0.1) is 31.3 Å². The maximum Gasteiger partial charge on any atom is 0.274 e. The molecule has 2 atom stereocenters. The Morgan fingerprint density at radius 3 is 2.42 bits per heavy atom. The van der Waals surface area contributed by atoms with Gasteiger partial charge in [-0.05, 0) is 79.1 Å². The lowest BCUT2D eigenvalue weighted by Crippen LogP contribution is -2.32. The van der Waals surface area contributed by atoms with E-state index in [-0.39, 0.29) is 46.0 Å². The number of carbonyl (C=O) groups excluding carboxylic acids is 1. The van der Waals surface area contributed by atoms with Gasteiger partial charge < -0.3 is 4.90 Å². The summed E-state index contributed by atoms with van der Waals surface area (Å²) in [6, 6.07) is 11.5. The van der Waals surface area contributed by atoms with E-state index < -0.39 is 53.2 Å². The van der Waals surface area contributed by atoms with Crippen LogP contribution in [-0.2, 0) is 0 Å². The molecule has 1 unspecified atom stereocenters. The fourth-order valence-electron chi connectivity index (χ4n) is 5.89. The minimum atomic E-state index is -3.06. The van der Waals surface area contributed by atoms with E-state index in [1.807, 2.05) is 0 Å². The first-order chi connectivity index (χ1) is 20.4. The summed E-state index contributed by atoms with van der Waals surface area (Å²) in [4.78, 5) is 31.4. The van der Waals surface area contributed by atoms with Gasteiger partial charge in [-0.2, -0.15) is 0 Å². The number of nitrogens with zero attached hydrogens (tertiary/aromatic N) is 3. The molecule has 222 valence electrons. The lowest BCUT2D eigenvalue weighted by atomic mass is 10.0. The lowest BCUT2D eigenvalue weighted by molar-refractivity contribution is 0.0119. The molecule has 0 spiro atoms. The number of likely N-dealkylation sites (tertiary alicyclic amines) is 1. The number of benzene rings is 2. The van der Waals surface area contributed by atoms with Gasteiger partial charge in [0.1, 0.15) is 22.4 Å². The highest BCUT2D eigenvalue weighted by atomic mass is 35.5. The van der Waals surface area contributed by atoms with Gasteiger partial charge in [-0.1, -0.05) is 29.8 Å². The van der Waals surface area contributed by atoms with Gasteiger partial charge in [-0.3, -0.25) is 19.1 Å². The fraction of sp³-hybridized carbons (Fsp3) is 0.281. The number of aryl methyl sites for hydroxylation is 2. The summed E-state index contributed by atoms with van der Waals surface area (Å²) >= 11 is 6.57. The molecule has 2 fully saturated rings. The summed E-state index contributed by atoms with van der Waals surface area (Å²) in [6.45, 7) is 2.10. The monoisotopic (exact) mass is 613 g/mol. The number of hydrogen-bond donors (Lipinski definition) is 0. The average Bonchev–Trinajstić information content (AvgIpc) is 3.67. The molecule has 1 aliphatic heterocycles. The second kappa shape index (κ2) is 10.6. The van der Waals surface area contributed by atoms with Crippen molar-refractivity contribution in [2.45, 2.75) is 44.4 Å². The van der Waals surface area contributed by atoms with E-state index in [9.17, 15) is 22.8 Å². The molecule has 1 aliphatic carbocycles. The lowest BCUT2D eigenvalue weighted by Gasteiger charge is -2.19. The number of aromatic nitrogens is 2. The Hall–Kier alpha value is -4.05. The van der Waals surface area contributed by atoms with E-state index in [1.165, 1.54) is 37.4 Å². The van der Waals surface area contributed by atoms with Crippen molar-refractivity contribution < 1.29 is 26.7 Å². The minimum absolute atomic E-state index is 0.0588. The van der Waals surface area contributed by atoms with Crippen LogP contribution in [0.3, 0.4) is 0 Å². The Bertz CT molecular complexity index is 1840. The first kappa shape index (κ1) is 29.0. The zero-order valence-corrected chi connectivity index (χ0v) is 23.9. The Balaban J connectivity index is 1.38. The van der Waals surface area contributed by atoms with Crippen molar-refractivity contribution in [1.82, 2.24) is 14.5 Å². The largest absolute Gasteiger partial charge is 0.332 e. The van der Waals surface area contributed by atoms with Gasteiger partial charge in [-0.15, -0.1) is 0 Å². The average molecular weight is 614 g/mol. The number of amides is 1. The Labute approximate surface area is 248 Å². The van der Waals surface area contributed by atoms with Crippen LogP contribution in [-0.4, -0.2) is 39.4 Å². The summed E-state index contributed by atoms with van der Waals surface area (Å²) in [7, 11) is 0. The molecule has 0 radical (unpaired) electrons. The second-order valence-electron chi connectivity index (χ2n) is 11.1. The molecular weight excluding hydrogens is 589 g/mol. The third kappa shape index (κ3) is 5.11. The molecule has 0 N–H and O–H groups in total. The predicted molar refractivity (Wildman–Crippen MR) is 152 cm³/mol. The molecule has 5 nitrogen and oxygen atoms in total. The molecule has 1 saturated heterocycles. The van der Waals surface area contributed by atoms with Gasteiger partial charge >= 0.3 is 0 Å². The Kier molecular flexibility index (Phi) is 7.15. The SMILES string of the molecule is Cc1cnc(-c2cccc(C(=O)N3CCC(F)(F)C3)c2F)c(F)c1-n1c(C)cc([C@@H]2CC2c2ccc(F)cc2)c(Cl)c1=O. The van der Waals surface area contributed by atoms with Crippen molar-refractivity contribution in [2.24, 2.45) is 0 Å². The molecule has 1 saturated carbocycles. The third-order valence-corrected chi connectivity index (χ3v) is 8.57. The molecule has 2 aromatic heterocycles. The molecule has 2 aromatic carbocycles. The van der Waals surface area contributed by atoms with Crippen LogP contribution in [0.25, 0.3) is 16.9 Å².